The second-order valence-electron chi connectivity index (χ2n) is 5.96. The Morgan fingerprint density at radius 1 is 1.12 bits per heavy atom. The average molecular weight is 339 g/mol. The zero-order chi connectivity index (χ0) is 17.8. The van der Waals surface area contributed by atoms with Gasteiger partial charge >= 0.3 is 6.03 Å². The van der Waals surface area contributed by atoms with Crippen LogP contribution in [-0.4, -0.2) is 25.6 Å². The standard InChI is InChI=1S/C19H21N3O3/c1-13-11-15(8-9-17(13)22-10-4-7-18(22)23)21-19(24)20-14-5-3-6-16(12-14)25-2/h3,5-6,8-9,11-12H,4,7,10H2,1-2H3,(H2,20,21,24). The Morgan fingerprint density at radius 2 is 1.88 bits per heavy atom. The number of rotatable bonds is 4. The highest BCUT2D eigenvalue weighted by Gasteiger charge is 2.23. The maximum absolute atomic E-state index is 12.2. The number of carbonyl (C=O) groups is 2. The third kappa shape index (κ3) is 3.91. The van der Waals surface area contributed by atoms with Crippen molar-refractivity contribution in [3.05, 3.63) is 48.0 Å². The van der Waals surface area contributed by atoms with Crippen molar-refractivity contribution >= 4 is 29.0 Å². The normalized spacial score (nSPS) is 13.7. The largest absolute Gasteiger partial charge is 0.497 e. The highest BCUT2D eigenvalue weighted by molar-refractivity contribution is 6.00. The van der Waals surface area contributed by atoms with Crippen LogP contribution >= 0.6 is 0 Å². The van der Waals surface area contributed by atoms with Crippen LogP contribution in [0.1, 0.15) is 18.4 Å². The molecule has 0 unspecified atom stereocenters. The molecule has 0 aromatic heterocycles. The molecular weight excluding hydrogens is 318 g/mol. The van der Waals surface area contributed by atoms with Crippen molar-refractivity contribution in [1.29, 1.82) is 0 Å². The number of benzene rings is 2. The van der Waals surface area contributed by atoms with Crippen molar-refractivity contribution in [2.45, 2.75) is 19.8 Å². The van der Waals surface area contributed by atoms with Crippen LogP contribution in [0.3, 0.4) is 0 Å². The van der Waals surface area contributed by atoms with Gasteiger partial charge in [-0.2, -0.15) is 0 Å². The van der Waals surface area contributed by atoms with Crippen LogP contribution in [0.2, 0.25) is 0 Å². The topological polar surface area (TPSA) is 70.7 Å². The summed E-state index contributed by atoms with van der Waals surface area (Å²) in [6.07, 6.45) is 1.49. The molecule has 0 saturated carbocycles. The Labute approximate surface area is 146 Å². The molecular formula is C19H21N3O3. The van der Waals surface area contributed by atoms with E-state index in [4.69, 9.17) is 4.74 Å². The van der Waals surface area contributed by atoms with E-state index >= 15 is 0 Å². The van der Waals surface area contributed by atoms with Gasteiger partial charge < -0.3 is 20.3 Å². The van der Waals surface area contributed by atoms with Crippen LogP contribution in [0.15, 0.2) is 42.5 Å². The third-order valence-corrected chi connectivity index (χ3v) is 4.15. The van der Waals surface area contributed by atoms with Crippen LogP contribution in [0.25, 0.3) is 0 Å². The van der Waals surface area contributed by atoms with Crippen LogP contribution in [-0.2, 0) is 4.79 Å². The maximum atomic E-state index is 12.2. The number of nitrogens with zero attached hydrogens (tertiary/aromatic N) is 1. The van der Waals surface area contributed by atoms with Crippen LogP contribution in [0.4, 0.5) is 21.9 Å². The molecule has 0 aliphatic carbocycles. The number of carbonyl (C=O) groups excluding carboxylic acids is 2. The smallest absolute Gasteiger partial charge is 0.323 e. The number of methoxy groups -OCH3 is 1. The van der Waals surface area contributed by atoms with E-state index in [0.717, 1.165) is 24.2 Å². The molecule has 0 atom stereocenters. The summed E-state index contributed by atoms with van der Waals surface area (Å²) in [6, 6.07) is 12.4. The number of anilines is 3. The highest BCUT2D eigenvalue weighted by atomic mass is 16.5. The molecule has 3 amide bonds. The second-order valence-corrected chi connectivity index (χ2v) is 5.96. The predicted molar refractivity (Wildman–Crippen MR) is 98.4 cm³/mol. The lowest BCUT2D eigenvalue weighted by Crippen LogP contribution is -2.24. The summed E-state index contributed by atoms with van der Waals surface area (Å²) in [6.45, 7) is 2.69. The summed E-state index contributed by atoms with van der Waals surface area (Å²) in [5.74, 6) is 0.827. The molecule has 1 heterocycles. The van der Waals surface area contributed by atoms with E-state index in [2.05, 4.69) is 10.6 Å². The van der Waals surface area contributed by atoms with E-state index < -0.39 is 0 Å². The lowest BCUT2D eigenvalue weighted by Gasteiger charge is -2.19. The van der Waals surface area contributed by atoms with Gasteiger partial charge in [0.05, 0.1) is 7.11 Å². The summed E-state index contributed by atoms with van der Waals surface area (Å²) < 4.78 is 5.14. The fourth-order valence-electron chi connectivity index (χ4n) is 2.93. The van der Waals surface area contributed by atoms with Gasteiger partial charge in [0.15, 0.2) is 0 Å². The first kappa shape index (κ1) is 16.8. The first-order chi connectivity index (χ1) is 12.1. The molecule has 2 aromatic rings. The van der Waals surface area contributed by atoms with Crippen molar-refractivity contribution in [1.82, 2.24) is 0 Å². The minimum Gasteiger partial charge on any atom is -0.497 e. The van der Waals surface area contributed by atoms with E-state index in [1.807, 2.05) is 25.1 Å². The highest BCUT2D eigenvalue weighted by Crippen LogP contribution is 2.27. The minimum atomic E-state index is -0.336. The Kier molecular flexibility index (Phi) is 4.88. The molecule has 2 N–H and O–H groups in total. The van der Waals surface area contributed by atoms with E-state index in [1.165, 1.54) is 0 Å². The number of hydrogen-bond donors (Lipinski definition) is 2. The van der Waals surface area contributed by atoms with Gasteiger partial charge in [-0.05, 0) is 49.2 Å². The van der Waals surface area contributed by atoms with Gasteiger partial charge in [0.2, 0.25) is 5.91 Å². The molecule has 1 aliphatic rings. The molecule has 3 rings (SSSR count). The zero-order valence-corrected chi connectivity index (χ0v) is 14.3. The fraction of sp³-hybridized carbons (Fsp3) is 0.263. The number of aryl methyl sites for hydroxylation is 1. The molecule has 1 saturated heterocycles. The summed E-state index contributed by atoms with van der Waals surface area (Å²) in [5, 5.41) is 5.57. The van der Waals surface area contributed by atoms with Gasteiger partial charge in [-0.3, -0.25) is 4.79 Å². The van der Waals surface area contributed by atoms with Gasteiger partial charge in [0.1, 0.15) is 5.75 Å². The Bertz CT molecular complexity index is 804. The van der Waals surface area contributed by atoms with Crippen molar-refractivity contribution < 1.29 is 14.3 Å². The van der Waals surface area contributed by atoms with Crippen molar-refractivity contribution in [3.63, 3.8) is 0 Å². The van der Waals surface area contributed by atoms with E-state index in [9.17, 15) is 9.59 Å². The number of amides is 3. The summed E-state index contributed by atoms with van der Waals surface area (Å²) >= 11 is 0. The van der Waals surface area contributed by atoms with Gasteiger partial charge in [-0.15, -0.1) is 0 Å². The number of hydrogen-bond acceptors (Lipinski definition) is 3. The molecule has 0 radical (unpaired) electrons. The predicted octanol–water partition coefficient (Wildman–Crippen LogP) is 3.77. The molecule has 25 heavy (non-hydrogen) atoms. The molecule has 0 spiro atoms. The van der Waals surface area contributed by atoms with E-state index in [-0.39, 0.29) is 11.9 Å². The van der Waals surface area contributed by atoms with Crippen LogP contribution in [0, 0.1) is 6.92 Å². The van der Waals surface area contributed by atoms with Gasteiger partial charge in [-0.1, -0.05) is 6.07 Å². The molecule has 6 nitrogen and oxygen atoms in total. The Hall–Kier alpha value is -3.02. The molecule has 0 bridgehead atoms. The molecule has 130 valence electrons. The molecule has 1 fully saturated rings. The van der Waals surface area contributed by atoms with Gasteiger partial charge in [0, 0.05) is 36.1 Å². The van der Waals surface area contributed by atoms with Gasteiger partial charge in [0.25, 0.3) is 0 Å². The first-order valence-corrected chi connectivity index (χ1v) is 8.20. The number of ether oxygens (including phenoxy) is 1. The van der Waals surface area contributed by atoms with Crippen LogP contribution in [0.5, 0.6) is 5.75 Å². The summed E-state index contributed by atoms with van der Waals surface area (Å²) in [5.41, 5.74) is 3.18. The summed E-state index contributed by atoms with van der Waals surface area (Å²) in [4.78, 5) is 25.8. The third-order valence-electron chi connectivity index (χ3n) is 4.15. The Balaban J connectivity index is 1.67. The monoisotopic (exact) mass is 339 g/mol. The zero-order valence-electron chi connectivity index (χ0n) is 14.3. The Morgan fingerprint density at radius 3 is 2.52 bits per heavy atom. The van der Waals surface area contributed by atoms with Crippen molar-refractivity contribution in [3.8, 4) is 5.75 Å². The SMILES string of the molecule is COc1cccc(NC(=O)Nc2ccc(N3CCCC3=O)c(C)c2)c1. The lowest BCUT2D eigenvalue weighted by molar-refractivity contribution is -0.117. The van der Waals surface area contributed by atoms with E-state index in [1.54, 1.807) is 36.3 Å². The number of nitrogens with one attached hydrogen (secondary N) is 2. The van der Waals surface area contributed by atoms with Crippen LogP contribution < -0.4 is 20.3 Å². The minimum absolute atomic E-state index is 0.152. The van der Waals surface area contributed by atoms with E-state index in [0.29, 0.717) is 23.5 Å². The first-order valence-electron chi connectivity index (χ1n) is 8.20. The average Bonchev–Trinajstić information content (AvgIpc) is 3.01. The molecule has 2 aromatic carbocycles. The quantitative estimate of drug-likeness (QED) is 0.891. The fourth-order valence-corrected chi connectivity index (χ4v) is 2.93. The maximum Gasteiger partial charge on any atom is 0.323 e. The van der Waals surface area contributed by atoms with Gasteiger partial charge in [-0.25, -0.2) is 4.79 Å². The molecule has 1 aliphatic heterocycles. The lowest BCUT2D eigenvalue weighted by atomic mass is 10.1. The second kappa shape index (κ2) is 7.25. The number of urea groups is 1. The van der Waals surface area contributed by atoms with Crippen molar-refractivity contribution in [2.75, 3.05) is 29.2 Å². The van der Waals surface area contributed by atoms with Crippen molar-refractivity contribution in [2.24, 2.45) is 0 Å². The molecule has 6 heteroatoms. The summed E-state index contributed by atoms with van der Waals surface area (Å²) in [7, 11) is 1.58.